The summed E-state index contributed by atoms with van der Waals surface area (Å²) in [4.78, 5) is 2.46. The van der Waals surface area contributed by atoms with Gasteiger partial charge >= 0.3 is 0 Å². The normalized spacial score (nSPS) is 13.6. The first-order valence-corrected chi connectivity index (χ1v) is 5.38. The zero-order valence-corrected chi connectivity index (χ0v) is 9.56. The van der Waals surface area contributed by atoms with Crippen molar-refractivity contribution in [2.45, 2.75) is 33.4 Å². The topological polar surface area (TPSA) is 27.3 Å². The van der Waals surface area contributed by atoms with Crippen LogP contribution in [0.4, 0.5) is 0 Å². The van der Waals surface area contributed by atoms with Crippen molar-refractivity contribution in [1.82, 2.24) is 15.5 Å². The lowest BCUT2D eigenvalue weighted by atomic mass is 10.3. The predicted molar refractivity (Wildman–Crippen MR) is 58.9 cm³/mol. The van der Waals surface area contributed by atoms with Crippen molar-refractivity contribution in [3.63, 3.8) is 0 Å². The van der Waals surface area contributed by atoms with Crippen LogP contribution < -0.4 is 10.6 Å². The van der Waals surface area contributed by atoms with Gasteiger partial charge in [0.25, 0.3) is 0 Å². The molecule has 0 aliphatic carbocycles. The highest BCUT2D eigenvalue weighted by atomic mass is 15.3. The average Bonchev–Trinajstić information content (AvgIpc) is 2.13. The Balaban J connectivity index is 3.60. The number of hydrogen-bond donors (Lipinski definition) is 2. The quantitative estimate of drug-likeness (QED) is 0.436. The van der Waals surface area contributed by atoms with Gasteiger partial charge < -0.3 is 10.6 Å². The van der Waals surface area contributed by atoms with E-state index in [1.54, 1.807) is 0 Å². The summed E-state index contributed by atoms with van der Waals surface area (Å²) >= 11 is 0. The Morgan fingerprint density at radius 1 is 1.31 bits per heavy atom. The Hall–Kier alpha value is -0.120. The largest absolute Gasteiger partial charge is 0.320 e. The smallest absolute Gasteiger partial charge is 0.0567 e. The second kappa shape index (κ2) is 8.48. The lowest BCUT2D eigenvalue weighted by molar-refractivity contribution is 0.187. The number of rotatable bonds is 8. The van der Waals surface area contributed by atoms with Crippen LogP contribution in [0.1, 0.15) is 27.2 Å². The highest BCUT2D eigenvalue weighted by molar-refractivity contribution is 4.63. The van der Waals surface area contributed by atoms with Crippen LogP contribution in [0.25, 0.3) is 0 Å². The van der Waals surface area contributed by atoms with E-state index in [4.69, 9.17) is 0 Å². The van der Waals surface area contributed by atoms with Crippen LogP contribution in [-0.4, -0.2) is 44.3 Å². The molecule has 0 aliphatic heterocycles. The zero-order chi connectivity index (χ0) is 10.1. The maximum Gasteiger partial charge on any atom is 0.0567 e. The molecule has 0 aromatic rings. The van der Waals surface area contributed by atoms with E-state index in [0.29, 0.717) is 6.17 Å². The molecule has 1 atom stereocenters. The summed E-state index contributed by atoms with van der Waals surface area (Å²) in [6.07, 6.45) is 1.73. The van der Waals surface area contributed by atoms with Gasteiger partial charge in [-0.2, -0.15) is 0 Å². The Kier molecular flexibility index (Phi) is 8.40. The van der Waals surface area contributed by atoms with Crippen molar-refractivity contribution in [3.05, 3.63) is 0 Å². The van der Waals surface area contributed by atoms with Crippen LogP contribution >= 0.6 is 0 Å². The highest BCUT2D eigenvalue weighted by Gasteiger charge is 2.08. The molecule has 0 heterocycles. The van der Waals surface area contributed by atoms with Gasteiger partial charge in [-0.05, 0) is 40.0 Å². The van der Waals surface area contributed by atoms with Gasteiger partial charge in [0.2, 0.25) is 0 Å². The van der Waals surface area contributed by atoms with E-state index in [0.717, 1.165) is 19.6 Å². The Morgan fingerprint density at radius 2 is 2.00 bits per heavy atom. The number of hydrogen-bond acceptors (Lipinski definition) is 3. The van der Waals surface area contributed by atoms with E-state index in [-0.39, 0.29) is 0 Å². The minimum atomic E-state index is 0.506. The molecule has 0 aliphatic rings. The molecule has 0 aromatic carbocycles. The molecule has 0 bridgehead atoms. The third kappa shape index (κ3) is 6.02. The van der Waals surface area contributed by atoms with Crippen molar-refractivity contribution in [2.24, 2.45) is 0 Å². The van der Waals surface area contributed by atoms with Gasteiger partial charge in [-0.25, -0.2) is 0 Å². The third-order valence-electron chi connectivity index (χ3n) is 2.33. The Bertz CT molecular complexity index is 106. The summed E-state index contributed by atoms with van der Waals surface area (Å²) in [5.74, 6) is 0. The van der Waals surface area contributed by atoms with Gasteiger partial charge in [-0.15, -0.1) is 0 Å². The fourth-order valence-corrected chi connectivity index (χ4v) is 1.51. The SMILES string of the molecule is CCNC(C)N(CC)CCCNC. The predicted octanol–water partition coefficient (Wildman–Crippen LogP) is 0.873. The van der Waals surface area contributed by atoms with Gasteiger partial charge in [0.05, 0.1) is 6.17 Å². The number of nitrogens with zero attached hydrogens (tertiary/aromatic N) is 1. The van der Waals surface area contributed by atoms with E-state index in [1.807, 2.05) is 7.05 Å². The fourth-order valence-electron chi connectivity index (χ4n) is 1.51. The van der Waals surface area contributed by atoms with Crippen LogP contribution in [-0.2, 0) is 0 Å². The molecule has 0 amide bonds. The molecule has 0 radical (unpaired) electrons. The summed E-state index contributed by atoms with van der Waals surface area (Å²) in [7, 11) is 2.00. The van der Waals surface area contributed by atoms with Gasteiger partial charge in [0.15, 0.2) is 0 Å². The zero-order valence-electron chi connectivity index (χ0n) is 9.56. The van der Waals surface area contributed by atoms with Crippen LogP contribution in [0, 0.1) is 0 Å². The summed E-state index contributed by atoms with van der Waals surface area (Å²) in [5, 5.41) is 6.60. The molecule has 3 heteroatoms. The van der Waals surface area contributed by atoms with E-state index in [9.17, 15) is 0 Å². The molecular formula is C10H25N3. The first kappa shape index (κ1) is 12.9. The van der Waals surface area contributed by atoms with Crippen LogP contribution in [0.2, 0.25) is 0 Å². The molecule has 0 saturated carbocycles. The van der Waals surface area contributed by atoms with Crippen LogP contribution in [0.15, 0.2) is 0 Å². The van der Waals surface area contributed by atoms with E-state index >= 15 is 0 Å². The second-order valence-electron chi connectivity index (χ2n) is 3.32. The second-order valence-corrected chi connectivity index (χ2v) is 3.32. The molecule has 0 saturated heterocycles. The minimum Gasteiger partial charge on any atom is -0.320 e. The molecule has 0 rings (SSSR count). The summed E-state index contributed by atoms with van der Waals surface area (Å²) in [6.45, 7) is 11.0. The molecule has 3 nitrogen and oxygen atoms in total. The molecular weight excluding hydrogens is 162 g/mol. The van der Waals surface area contributed by atoms with E-state index in [2.05, 4.69) is 36.3 Å². The van der Waals surface area contributed by atoms with Gasteiger partial charge in [-0.1, -0.05) is 13.8 Å². The van der Waals surface area contributed by atoms with Crippen molar-refractivity contribution in [3.8, 4) is 0 Å². The lowest BCUT2D eigenvalue weighted by Gasteiger charge is -2.28. The molecule has 13 heavy (non-hydrogen) atoms. The van der Waals surface area contributed by atoms with Crippen molar-refractivity contribution >= 4 is 0 Å². The van der Waals surface area contributed by atoms with Crippen molar-refractivity contribution < 1.29 is 0 Å². The molecule has 0 spiro atoms. The lowest BCUT2D eigenvalue weighted by Crippen LogP contribution is -2.44. The van der Waals surface area contributed by atoms with Gasteiger partial charge in [0, 0.05) is 6.54 Å². The van der Waals surface area contributed by atoms with Crippen LogP contribution in [0.3, 0.4) is 0 Å². The van der Waals surface area contributed by atoms with Crippen molar-refractivity contribution in [1.29, 1.82) is 0 Å². The Morgan fingerprint density at radius 3 is 2.46 bits per heavy atom. The van der Waals surface area contributed by atoms with E-state index in [1.165, 1.54) is 13.0 Å². The standard InChI is InChI=1S/C10H25N3/c1-5-12-10(3)13(6-2)9-7-8-11-4/h10-12H,5-9H2,1-4H3. The molecule has 1 unspecified atom stereocenters. The summed E-state index contributed by atoms with van der Waals surface area (Å²) in [5.41, 5.74) is 0. The maximum absolute atomic E-state index is 3.43. The summed E-state index contributed by atoms with van der Waals surface area (Å²) < 4.78 is 0. The fraction of sp³-hybridized carbons (Fsp3) is 1.00. The van der Waals surface area contributed by atoms with Gasteiger partial charge in [-0.3, -0.25) is 4.90 Å². The monoisotopic (exact) mass is 187 g/mol. The molecule has 0 aromatic heterocycles. The summed E-state index contributed by atoms with van der Waals surface area (Å²) in [6, 6.07) is 0. The van der Waals surface area contributed by atoms with E-state index < -0.39 is 0 Å². The minimum absolute atomic E-state index is 0.506. The Labute approximate surface area is 82.9 Å². The van der Waals surface area contributed by atoms with Crippen molar-refractivity contribution in [2.75, 3.05) is 33.2 Å². The number of nitrogens with one attached hydrogen (secondary N) is 2. The maximum atomic E-state index is 3.43. The molecule has 80 valence electrons. The van der Waals surface area contributed by atoms with Crippen LogP contribution in [0.5, 0.6) is 0 Å². The molecule has 2 N–H and O–H groups in total. The third-order valence-corrected chi connectivity index (χ3v) is 2.33. The van der Waals surface area contributed by atoms with Gasteiger partial charge in [0.1, 0.15) is 0 Å². The molecule has 0 fully saturated rings. The highest BCUT2D eigenvalue weighted by Crippen LogP contribution is 1.96. The average molecular weight is 187 g/mol. The first-order valence-electron chi connectivity index (χ1n) is 5.38. The first-order chi connectivity index (χ1) is 6.26.